The highest BCUT2D eigenvalue weighted by molar-refractivity contribution is 6.31. The Morgan fingerprint density at radius 2 is 1.87 bits per heavy atom. The van der Waals surface area contributed by atoms with Crippen molar-refractivity contribution in [3.8, 4) is 6.07 Å². The average Bonchev–Trinajstić information content (AvgIpc) is 2.79. The SMILES string of the molecule is CCOC(=O)[C@@]1(C#N)Nc2ccc(Cl)cc2N(c2ccc(C)cc2)[C@@H]1c1ccccc1. The number of esters is 1. The Labute approximate surface area is 186 Å². The van der Waals surface area contributed by atoms with Crippen LogP contribution >= 0.6 is 11.6 Å². The molecule has 0 bridgehead atoms. The van der Waals surface area contributed by atoms with Gasteiger partial charge in [0.1, 0.15) is 12.1 Å². The van der Waals surface area contributed by atoms with Gasteiger partial charge in [0.05, 0.1) is 18.0 Å². The first-order valence-corrected chi connectivity index (χ1v) is 10.4. The molecule has 1 heterocycles. The molecule has 0 aliphatic carbocycles. The van der Waals surface area contributed by atoms with Gasteiger partial charge in [0.2, 0.25) is 5.54 Å². The van der Waals surface area contributed by atoms with E-state index in [0.717, 1.165) is 22.5 Å². The Morgan fingerprint density at radius 1 is 1.16 bits per heavy atom. The van der Waals surface area contributed by atoms with Gasteiger partial charge in [-0.25, -0.2) is 4.79 Å². The van der Waals surface area contributed by atoms with E-state index in [1.165, 1.54) is 0 Å². The van der Waals surface area contributed by atoms with Gasteiger partial charge >= 0.3 is 5.97 Å². The van der Waals surface area contributed by atoms with Gasteiger partial charge in [-0.05, 0) is 49.7 Å². The van der Waals surface area contributed by atoms with Crippen LogP contribution in [0, 0.1) is 18.3 Å². The van der Waals surface area contributed by atoms with Crippen LogP contribution < -0.4 is 10.2 Å². The number of hydrogen-bond acceptors (Lipinski definition) is 5. The molecule has 1 aliphatic rings. The molecule has 3 aromatic rings. The molecule has 5 nitrogen and oxygen atoms in total. The third kappa shape index (κ3) is 3.60. The van der Waals surface area contributed by atoms with Crippen molar-refractivity contribution in [3.05, 3.63) is 88.9 Å². The highest BCUT2D eigenvalue weighted by Gasteiger charge is 2.55. The van der Waals surface area contributed by atoms with Crippen LogP contribution in [0.2, 0.25) is 5.02 Å². The van der Waals surface area contributed by atoms with Crippen LogP contribution in [0.4, 0.5) is 17.1 Å². The average molecular weight is 432 g/mol. The monoisotopic (exact) mass is 431 g/mol. The van der Waals surface area contributed by atoms with Crippen molar-refractivity contribution in [2.75, 3.05) is 16.8 Å². The second kappa shape index (κ2) is 8.33. The van der Waals surface area contributed by atoms with Crippen molar-refractivity contribution in [2.24, 2.45) is 0 Å². The number of hydrogen-bond donors (Lipinski definition) is 1. The molecule has 0 radical (unpaired) electrons. The zero-order valence-electron chi connectivity index (χ0n) is 17.3. The van der Waals surface area contributed by atoms with E-state index in [9.17, 15) is 10.1 Å². The number of anilines is 3. The number of aryl methyl sites for hydroxylation is 1. The summed E-state index contributed by atoms with van der Waals surface area (Å²) in [5.41, 5.74) is 2.50. The normalized spacial score (nSPS) is 19.7. The number of benzene rings is 3. The summed E-state index contributed by atoms with van der Waals surface area (Å²) in [6, 6.07) is 24.4. The molecule has 0 unspecified atom stereocenters. The molecule has 1 aliphatic heterocycles. The van der Waals surface area contributed by atoms with E-state index in [0.29, 0.717) is 10.7 Å². The maximum Gasteiger partial charge on any atom is 0.349 e. The van der Waals surface area contributed by atoms with Crippen LogP contribution in [0.3, 0.4) is 0 Å². The van der Waals surface area contributed by atoms with Crippen molar-refractivity contribution >= 4 is 34.6 Å². The maximum absolute atomic E-state index is 13.3. The van der Waals surface area contributed by atoms with Crippen molar-refractivity contribution in [2.45, 2.75) is 25.4 Å². The molecule has 0 saturated heterocycles. The van der Waals surface area contributed by atoms with E-state index in [-0.39, 0.29) is 6.61 Å². The van der Waals surface area contributed by atoms with Gasteiger partial charge in [0.25, 0.3) is 0 Å². The number of carbonyl (C=O) groups is 1. The Kier molecular flexibility index (Phi) is 5.58. The second-order valence-electron chi connectivity index (χ2n) is 7.45. The molecule has 0 aromatic heterocycles. The second-order valence-corrected chi connectivity index (χ2v) is 7.88. The molecule has 31 heavy (non-hydrogen) atoms. The first kappa shape index (κ1) is 20.8. The van der Waals surface area contributed by atoms with Gasteiger partial charge in [-0.2, -0.15) is 5.26 Å². The molecule has 156 valence electrons. The van der Waals surface area contributed by atoms with Crippen LogP contribution in [-0.4, -0.2) is 18.1 Å². The lowest BCUT2D eigenvalue weighted by Gasteiger charge is -2.47. The molecular formula is C25H22ClN3O2. The molecule has 0 fully saturated rings. The molecule has 4 rings (SSSR count). The van der Waals surface area contributed by atoms with Gasteiger partial charge < -0.3 is 15.0 Å². The number of fused-ring (bicyclic) bond motifs is 1. The zero-order valence-corrected chi connectivity index (χ0v) is 18.1. The summed E-state index contributed by atoms with van der Waals surface area (Å²) in [5, 5.41) is 14.1. The van der Waals surface area contributed by atoms with Gasteiger partial charge in [-0.15, -0.1) is 0 Å². The minimum absolute atomic E-state index is 0.170. The summed E-state index contributed by atoms with van der Waals surface area (Å²) in [7, 11) is 0. The van der Waals surface area contributed by atoms with Crippen LogP contribution in [0.25, 0.3) is 0 Å². The molecule has 0 amide bonds. The van der Waals surface area contributed by atoms with Gasteiger partial charge in [-0.1, -0.05) is 59.6 Å². The minimum Gasteiger partial charge on any atom is -0.463 e. The summed E-state index contributed by atoms with van der Waals surface area (Å²) >= 11 is 6.35. The first-order valence-electron chi connectivity index (χ1n) is 10.1. The summed E-state index contributed by atoms with van der Waals surface area (Å²) < 4.78 is 5.39. The lowest BCUT2D eigenvalue weighted by atomic mass is 9.81. The van der Waals surface area contributed by atoms with Gasteiger partial charge in [0.15, 0.2) is 0 Å². The lowest BCUT2D eigenvalue weighted by Crippen LogP contribution is -2.58. The molecule has 1 N–H and O–H groups in total. The van der Waals surface area contributed by atoms with Crippen molar-refractivity contribution < 1.29 is 9.53 Å². The number of carbonyl (C=O) groups excluding carboxylic acids is 1. The Balaban J connectivity index is 2.04. The topological polar surface area (TPSA) is 65.4 Å². The third-order valence-electron chi connectivity index (χ3n) is 5.42. The van der Waals surface area contributed by atoms with Crippen molar-refractivity contribution in [1.82, 2.24) is 0 Å². The van der Waals surface area contributed by atoms with Crippen LogP contribution in [0.1, 0.15) is 24.1 Å². The van der Waals surface area contributed by atoms with Crippen LogP contribution in [0.15, 0.2) is 72.8 Å². The van der Waals surface area contributed by atoms with Gasteiger partial charge in [-0.3, -0.25) is 0 Å². The number of ether oxygens (including phenoxy) is 1. The molecule has 2 atom stereocenters. The fourth-order valence-electron chi connectivity index (χ4n) is 3.99. The lowest BCUT2D eigenvalue weighted by molar-refractivity contribution is -0.147. The number of nitrogens with zero attached hydrogens (tertiary/aromatic N) is 2. The highest BCUT2D eigenvalue weighted by Crippen LogP contribution is 2.50. The van der Waals surface area contributed by atoms with Crippen molar-refractivity contribution in [1.29, 1.82) is 5.26 Å². The van der Waals surface area contributed by atoms with E-state index in [1.54, 1.807) is 19.1 Å². The quantitative estimate of drug-likeness (QED) is 0.530. The van der Waals surface area contributed by atoms with Crippen molar-refractivity contribution in [3.63, 3.8) is 0 Å². The predicted molar refractivity (Wildman–Crippen MR) is 123 cm³/mol. The zero-order chi connectivity index (χ0) is 22.0. The van der Waals surface area contributed by atoms with E-state index in [2.05, 4.69) is 11.4 Å². The van der Waals surface area contributed by atoms with Crippen LogP contribution in [-0.2, 0) is 9.53 Å². The molecule has 6 heteroatoms. The highest BCUT2D eigenvalue weighted by atomic mass is 35.5. The summed E-state index contributed by atoms with van der Waals surface area (Å²) in [6.45, 7) is 3.91. The predicted octanol–water partition coefficient (Wildman–Crippen LogP) is 5.78. The smallest absolute Gasteiger partial charge is 0.349 e. The summed E-state index contributed by atoms with van der Waals surface area (Å²) in [6.07, 6.45) is 0. The Hall–Kier alpha value is -3.49. The molecule has 3 aromatic carbocycles. The van der Waals surface area contributed by atoms with Gasteiger partial charge in [0, 0.05) is 10.7 Å². The van der Waals surface area contributed by atoms with Crippen LogP contribution in [0.5, 0.6) is 0 Å². The standard InChI is InChI=1S/C25H22ClN3O2/c1-3-31-24(30)25(16-27)23(18-7-5-4-6-8-18)29(20-12-9-17(2)10-13-20)22-15-19(26)11-14-21(22)28-25/h4-15,23,28H,3H2,1-2H3/t23-,25+/m1/s1. The Morgan fingerprint density at radius 3 is 2.52 bits per heavy atom. The molecule has 0 saturated carbocycles. The maximum atomic E-state index is 13.3. The largest absolute Gasteiger partial charge is 0.463 e. The minimum atomic E-state index is -1.66. The number of rotatable bonds is 4. The number of nitriles is 1. The fourth-order valence-corrected chi connectivity index (χ4v) is 4.16. The first-order chi connectivity index (χ1) is 15.0. The number of halogens is 1. The third-order valence-corrected chi connectivity index (χ3v) is 5.66. The van der Waals surface area contributed by atoms with E-state index < -0.39 is 17.6 Å². The fraction of sp³-hybridized carbons (Fsp3) is 0.200. The van der Waals surface area contributed by atoms with E-state index in [4.69, 9.17) is 16.3 Å². The number of nitrogens with one attached hydrogen (secondary N) is 1. The summed E-state index contributed by atoms with van der Waals surface area (Å²) in [4.78, 5) is 15.3. The van der Waals surface area contributed by atoms with E-state index >= 15 is 0 Å². The summed E-state index contributed by atoms with van der Waals surface area (Å²) in [5.74, 6) is -0.621. The molecular weight excluding hydrogens is 410 g/mol. The van der Waals surface area contributed by atoms with E-state index in [1.807, 2.05) is 72.5 Å². The molecule has 0 spiro atoms. The Bertz CT molecular complexity index is 1140.